The van der Waals surface area contributed by atoms with Gasteiger partial charge in [0.25, 0.3) is 0 Å². The number of fused-ring (bicyclic) bond motifs is 1. The second-order valence-corrected chi connectivity index (χ2v) is 5.49. The van der Waals surface area contributed by atoms with Gasteiger partial charge in [0.15, 0.2) is 5.82 Å². The Morgan fingerprint density at radius 1 is 1.39 bits per heavy atom. The van der Waals surface area contributed by atoms with Crippen LogP contribution in [0.3, 0.4) is 0 Å². The van der Waals surface area contributed by atoms with Crippen LogP contribution in [-0.4, -0.2) is 32.9 Å². The third kappa shape index (κ3) is 3.65. The van der Waals surface area contributed by atoms with Crippen molar-refractivity contribution in [3.8, 4) is 5.75 Å². The minimum Gasteiger partial charge on any atom is -0.490 e. The molecule has 120 valence electrons. The Morgan fingerprint density at radius 3 is 3.00 bits per heavy atom. The van der Waals surface area contributed by atoms with Gasteiger partial charge in [-0.2, -0.15) is 0 Å². The molecule has 0 aliphatic carbocycles. The quantitative estimate of drug-likeness (QED) is 0.883. The first-order valence-corrected chi connectivity index (χ1v) is 7.27. The molecule has 0 fully saturated rings. The molecule has 2 heterocycles. The van der Waals surface area contributed by atoms with Crippen molar-refractivity contribution in [1.29, 1.82) is 0 Å². The minimum absolute atomic E-state index is 0.0105. The van der Waals surface area contributed by atoms with Gasteiger partial charge < -0.3 is 15.4 Å². The molecule has 1 aromatic carbocycles. The summed E-state index contributed by atoms with van der Waals surface area (Å²) in [7, 11) is 0. The molecule has 1 aromatic heterocycles. The second kappa shape index (κ2) is 6.07. The Kier molecular flexibility index (Phi) is 3.96. The summed E-state index contributed by atoms with van der Waals surface area (Å²) in [4.78, 5) is 23.0. The molecule has 2 amide bonds. The topological polar surface area (TPSA) is 98.1 Å². The number of ether oxygens (including phenoxy) is 1. The zero-order valence-electron chi connectivity index (χ0n) is 12.9. The van der Waals surface area contributed by atoms with E-state index in [9.17, 15) is 9.59 Å². The van der Waals surface area contributed by atoms with Crippen LogP contribution < -0.4 is 15.4 Å². The highest BCUT2D eigenvalue weighted by Crippen LogP contribution is 2.30. The predicted molar refractivity (Wildman–Crippen MR) is 83.2 cm³/mol. The van der Waals surface area contributed by atoms with Crippen LogP contribution in [-0.2, 0) is 22.6 Å². The first-order valence-electron chi connectivity index (χ1n) is 7.27. The lowest BCUT2D eigenvalue weighted by molar-refractivity contribution is -0.117. The van der Waals surface area contributed by atoms with E-state index in [1.165, 1.54) is 17.8 Å². The molecule has 8 heteroatoms. The van der Waals surface area contributed by atoms with Gasteiger partial charge in [0.1, 0.15) is 18.4 Å². The SMILES string of the molecule is CC(=O)Nc1cn(CC(=O)Nc2ccc3c(c2)CC(C)O3)nn1. The first-order chi connectivity index (χ1) is 11.0. The van der Waals surface area contributed by atoms with Crippen molar-refractivity contribution >= 4 is 23.3 Å². The molecule has 2 aromatic rings. The average molecular weight is 315 g/mol. The number of hydrogen-bond acceptors (Lipinski definition) is 5. The van der Waals surface area contributed by atoms with Crippen molar-refractivity contribution < 1.29 is 14.3 Å². The van der Waals surface area contributed by atoms with Gasteiger partial charge in [0, 0.05) is 19.0 Å². The van der Waals surface area contributed by atoms with Gasteiger partial charge >= 0.3 is 0 Å². The van der Waals surface area contributed by atoms with Gasteiger partial charge in [-0.25, -0.2) is 4.68 Å². The van der Waals surface area contributed by atoms with Crippen molar-refractivity contribution in [2.45, 2.75) is 32.9 Å². The van der Waals surface area contributed by atoms with Gasteiger partial charge in [-0.1, -0.05) is 5.21 Å². The molecule has 0 bridgehead atoms. The summed E-state index contributed by atoms with van der Waals surface area (Å²) in [6.07, 6.45) is 2.50. The van der Waals surface area contributed by atoms with Gasteiger partial charge in [-0.3, -0.25) is 9.59 Å². The zero-order chi connectivity index (χ0) is 16.4. The van der Waals surface area contributed by atoms with Crippen LogP contribution in [0.1, 0.15) is 19.4 Å². The fraction of sp³-hybridized carbons (Fsp3) is 0.333. The number of carbonyl (C=O) groups is 2. The van der Waals surface area contributed by atoms with Gasteiger partial charge in [-0.15, -0.1) is 5.10 Å². The smallest absolute Gasteiger partial charge is 0.246 e. The summed E-state index contributed by atoms with van der Waals surface area (Å²) in [5.74, 6) is 0.716. The van der Waals surface area contributed by atoms with E-state index in [1.54, 1.807) is 6.07 Å². The first kappa shape index (κ1) is 15.0. The van der Waals surface area contributed by atoms with Crippen LogP contribution in [0.25, 0.3) is 0 Å². The molecule has 23 heavy (non-hydrogen) atoms. The van der Waals surface area contributed by atoms with Crippen molar-refractivity contribution in [3.63, 3.8) is 0 Å². The number of amides is 2. The van der Waals surface area contributed by atoms with E-state index in [2.05, 4.69) is 20.9 Å². The molecular weight excluding hydrogens is 298 g/mol. The maximum Gasteiger partial charge on any atom is 0.246 e. The van der Waals surface area contributed by atoms with Gasteiger partial charge in [-0.05, 0) is 30.7 Å². The number of nitrogens with one attached hydrogen (secondary N) is 2. The summed E-state index contributed by atoms with van der Waals surface area (Å²) in [5.41, 5.74) is 1.80. The lowest BCUT2D eigenvalue weighted by atomic mass is 10.1. The van der Waals surface area contributed by atoms with Crippen LogP contribution in [0.15, 0.2) is 24.4 Å². The Morgan fingerprint density at radius 2 is 2.22 bits per heavy atom. The molecule has 8 nitrogen and oxygen atoms in total. The van der Waals surface area contributed by atoms with Gasteiger partial charge in [0.05, 0.1) is 6.20 Å². The summed E-state index contributed by atoms with van der Waals surface area (Å²) in [6, 6.07) is 5.58. The molecule has 1 unspecified atom stereocenters. The summed E-state index contributed by atoms with van der Waals surface area (Å²) >= 11 is 0. The lowest BCUT2D eigenvalue weighted by Gasteiger charge is -2.06. The van der Waals surface area contributed by atoms with Crippen LogP contribution >= 0.6 is 0 Å². The van der Waals surface area contributed by atoms with Gasteiger partial charge in [0.2, 0.25) is 11.8 Å². The monoisotopic (exact) mass is 315 g/mol. The van der Waals surface area contributed by atoms with Crippen LogP contribution in [0.5, 0.6) is 5.75 Å². The molecule has 2 N–H and O–H groups in total. The number of aromatic nitrogens is 3. The van der Waals surface area contributed by atoms with E-state index in [0.717, 1.165) is 17.7 Å². The average Bonchev–Trinajstić information content (AvgIpc) is 3.03. The van der Waals surface area contributed by atoms with Crippen LogP contribution in [0.2, 0.25) is 0 Å². The third-order valence-electron chi connectivity index (χ3n) is 3.33. The van der Waals surface area contributed by atoms with Crippen LogP contribution in [0.4, 0.5) is 11.5 Å². The number of hydrogen-bond donors (Lipinski definition) is 2. The molecule has 0 saturated carbocycles. The molecule has 0 radical (unpaired) electrons. The molecular formula is C15H17N5O3. The van der Waals surface area contributed by atoms with E-state index in [1.807, 2.05) is 19.1 Å². The predicted octanol–water partition coefficient (Wildman–Crippen LogP) is 1.20. The highest BCUT2D eigenvalue weighted by molar-refractivity contribution is 5.91. The lowest BCUT2D eigenvalue weighted by Crippen LogP contribution is -2.19. The highest BCUT2D eigenvalue weighted by Gasteiger charge is 2.19. The van der Waals surface area contributed by atoms with E-state index in [-0.39, 0.29) is 24.5 Å². The Balaban J connectivity index is 1.60. The summed E-state index contributed by atoms with van der Waals surface area (Å²) in [6.45, 7) is 3.40. The molecule has 3 rings (SSSR count). The number of nitrogens with zero attached hydrogens (tertiary/aromatic N) is 3. The maximum absolute atomic E-state index is 12.1. The molecule has 0 spiro atoms. The number of benzene rings is 1. The van der Waals surface area contributed by atoms with Crippen molar-refractivity contribution in [2.75, 3.05) is 10.6 Å². The zero-order valence-corrected chi connectivity index (χ0v) is 12.9. The molecule has 1 atom stereocenters. The summed E-state index contributed by atoms with van der Waals surface area (Å²) in [5, 5.41) is 12.9. The Labute approximate surface area is 132 Å². The molecule has 0 saturated heterocycles. The number of anilines is 2. The van der Waals surface area contributed by atoms with Crippen molar-refractivity contribution in [1.82, 2.24) is 15.0 Å². The van der Waals surface area contributed by atoms with Crippen molar-refractivity contribution in [2.24, 2.45) is 0 Å². The fourth-order valence-corrected chi connectivity index (χ4v) is 2.46. The second-order valence-electron chi connectivity index (χ2n) is 5.49. The standard InChI is InChI=1S/C15H17N5O3/c1-9-5-11-6-12(3-4-13(11)23-9)17-15(22)8-20-7-14(18-19-20)16-10(2)21/h3-4,6-7,9H,5,8H2,1-2H3,(H,16,21)(H,17,22). The summed E-state index contributed by atoms with van der Waals surface area (Å²) < 4.78 is 6.99. The Hall–Kier alpha value is -2.90. The molecule has 1 aliphatic heterocycles. The van der Waals surface area contributed by atoms with E-state index >= 15 is 0 Å². The maximum atomic E-state index is 12.1. The third-order valence-corrected chi connectivity index (χ3v) is 3.33. The fourth-order valence-electron chi connectivity index (χ4n) is 2.46. The normalized spacial score (nSPS) is 15.7. The molecule has 1 aliphatic rings. The Bertz CT molecular complexity index is 755. The largest absolute Gasteiger partial charge is 0.490 e. The van der Waals surface area contributed by atoms with E-state index < -0.39 is 0 Å². The minimum atomic E-state index is -0.240. The number of rotatable bonds is 4. The number of carbonyl (C=O) groups excluding carboxylic acids is 2. The van der Waals surface area contributed by atoms with Crippen LogP contribution in [0, 0.1) is 0 Å². The van der Waals surface area contributed by atoms with E-state index in [4.69, 9.17) is 4.74 Å². The van der Waals surface area contributed by atoms with Crippen molar-refractivity contribution in [3.05, 3.63) is 30.0 Å². The van der Waals surface area contributed by atoms with E-state index in [0.29, 0.717) is 11.5 Å². The highest BCUT2D eigenvalue weighted by atomic mass is 16.5.